The van der Waals surface area contributed by atoms with Crippen molar-refractivity contribution < 1.29 is 23.5 Å². The summed E-state index contributed by atoms with van der Waals surface area (Å²) in [6.07, 6.45) is 0.590. The Kier molecular flexibility index (Phi) is 5.63. The van der Waals surface area contributed by atoms with Crippen LogP contribution >= 0.6 is 0 Å². The highest BCUT2D eigenvalue weighted by Gasteiger charge is 2.33. The van der Waals surface area contributed by atoms with Crippen molar-refractivity contribution in [2.75, 3.05) is 19.7 Å². The van der Waals surface area contributed by atoms with E-state index in [0.29, 0.717) is 36.8 Å². The van der Waals surface area contributed by atoms with Gasteiger partial charge in [0.1, 0.15) is 23.4 Å². The smallest absolute Gasteiger partial charge is 0.410 e. The van der Waals surface area contributed by atoms with Crippen molar-refractivity contribution in [3.8, 4) is 5.75 Å². The van der Waals surface area contributed by atoms with Gasteiger partial charge in [0.25, 0.3) is 0 Å². The number of ether oxygens (including phenoxy) is 2. The van der Waals surface area contributed by atoms with Crippen LogP contribution in [0.5, 0.6) is 5.75 Å². The number of halogens is 1. The van der Waals surface area contributed by atoms with Gasteiger partial charge >= 0.3 is 6.09 Å². The fourth-order valence-electron chi connectivity index (χ4n) is 2.68. The Bertz CT molecular complexity index is 835. The van der Waals surface area contributed by atoms with Crippen LogP contribution in [0.3, 0.4) is 0 Å². The van der Waals surface area contributed by atoms with E-state index in [1.54, 1.807) is 30.9 Å². The zero-order valence-electron chi connectivity index (χ0n) is 15.1. The lowest BCUT2D eigenvalue weighted by molar-refractivity contribution is 0.0126. The maximum absolute atomic E-state index is 12.9. The molecule has 0 unspecified atom stereocenters. The summed E-state index contributed by atoms with van der Waals surface area (Å²) in [4.78, 5) is 33.7. The molecule has 0 bridgehead atoms. The van der Waals surface area contributed by atoms with Gasteiger partial charge in [0, 0.05) is 23.5 Å². The van der Waals surface area contributed by atoms with Gasteiger partial charge in [0.2, 0.25) is 0 Å². The number of likely N-dealkylation sites (tertiary alicyclic amines) is 1. The Morgan fingerprint density at radius 3 is 2.74 bits per heavy atom. The molecule has 1 fully saturated rings. The molecule has 2 aromatic rings. The molecule has 0 spiro atoms. The van der Waals surface area contributed by atoms with Crippen LogP contribution in [0.4, 0.5) is 9.18 Å². The van der Waals surface area contributed by atoms with Crippen LogP contribution < -0.4 is 4.74 Å². The summed E-state index contributed by atoms with van der Waals surface area (Å²) in [7, 11) is 0. The molecule has 1 aliphatic rings. The van der Waals surface area contributed by atoms with Gasteiger partial charge in [0.15, 0.2) is 5.78 Å². The number of aryl methyl sites for hydroxylation is 1. The first kappa shape index (κ1) is 18.8. The van der Waals surface area contributed by atoms with Crippen molar-refractivity contribution in [2.24, 2.45) is 0 Å². The highest BCUT2D eigenvalue weighted by Crippen LogP contribution is 2.21. The van der Waals surface area contributed by atoms with Crippen molar-refractivity contribution in [1.29, 1.82) is 0 Å². The molecule has 142 valence electrons. The second kappa shape index (κ2) is 8.11. The van der Waals surface area contributed by atoms with Gasteiger partial charge in [0.05, 0.1) is 32.3 Å². The SMILES string of the molecule is CCOC(=O)N1CC(Oc2cc(C)nc(C(=O)Cc3ccc(F)cn3)c2)C1. The van der Waals surface area contributed by atoms with Gasteiger partial charge in [-0.15, -0.1) is 0 Å². The molecule has 3 heterocycles. The molecule has 0 atom stereocenters. The number of aromatic nitrogens is 2. The molecular formula is C19H20FN3O4. The summed E-state index contributed by atoms with van der Waals surface area (Å²) >= 11 is 0. The number of hydrogen-bond acceptors (Lipinski definition) is 6. The van der Waals surface area contributed by atoms with E-state index in [2.05, 4.69) is 9.97 Å². The van der Waals surface area contributed by atoms with Crippen molar-refractivity contribution in [3.63, 3.8) is 0 Å². The summed E-state index contributed by atoms with van der Waals surface area (Å²) in [5.41, 5.74) is 1.37. The minimum atomic E-state index is -0.451. The standard InChI is InChI=1S/C19H20FN3O4/c1-3-26-19(25)23-10-16(11-23)27-15-6-12(2)22-17(8-15)18(24)7-14-5-4-13(20)9-21-14/h4-6,8-9,16H,3,7,10-11H2,1-2H3. The largest absolute Gasteiger partial charge is 0.487 e. The Morgan fingerprint density at radius 2 is 2.07 bits per heavy atom. The third kappa shape index (κ3) is 4.78. The third-order valence-electron chi connectivity index (χ3n) is 4.02. The molecule has 7 nitrogen and oxygen atoms in total. The van der Waals surface area contributed by atoms with Crippen LogP contribution in [-0.4, -0.2) is 52.5 Å². The molecule has 2 aromatic heterocycles. The van der Waals surface area contributed by atoms with Gasteiger partial charge in [-0.25, -0.2) is 14.2 Å². The zero-order valence-corrected chi connectivity index (χ0v) is 15.1. The minimum Gasteiger partial charge on any atom is -0.487 e. The molecule has 1 aliphatic heterocycles. The third-order valence-corrected chi connectivity index (χ3v) is 4.02. The molecule has 0 aliphatic carbocycles. The van der Waals surface area contributed by atoms with E-state index < -0.39 is 5.82 Å². The van der Waals surface area contributed by atoms with Gasteiger partial charge in [-0.05, 0) is 26.0 Å². The Balaban J connectivity index is 1.62. The first-order chi connectivity index (χ1) is 12.9. The van der Waals surface area contributed by atoms with E-state index in [-0.39, 0.29) is 30.1 Å². The molecule has 8 heteroatoms. The topological polar surface area (TPSA) is 81.6 Å². The average molecular weight is 373 g/mol. The number of rotatable bonds is 6. The quantitative estimate of drug-likeness (QED) is 0.724. The maximum atomic E-state index is 12.9. The number of Topliss-reactive ketones (excluding diaryl/α,β-unsaturated/α-hetero) is 1. The van der Waals surface area contributed by atoms with Crippen molar-refractivity contribution >= 4 is 11.9 Å². The van der Waals surface area contributed by atoms with E-state index in [9.17, 15) is 14.0 Å². The summed E-state index contributed by atoms with van der Waals surface area (Å²) in [6.45, 7) is 4.72. The fourth-order valence-corrected chi connectivity index (χ4v) is 2.68. The predicted octanol–water partition coefficient (Wildman–Crippen LogP) is 2.57. The predicted molar refractivity (Wildman–Crippen MR) is 94.2 cm³/mol. The van der Waals surface area contributed by atoms with Crippen LogP contribution in [0, 0.1) is 12.7 Å². The van der Waals surface area contributed by atoms with E-state index in [4.69, 9.17) is 9.47 Å². The second-order valence-electron chi connectivity index (χ2n) is 6.24. The van der Waals surface area contributed by atoms with Crippen LogP contribution in [0.25, 0.3) is 0 Å². The van der Waals surface area contributed by atoms with Gasteiger partial charge in [-0.3, -0.25) is 9.78 Å². The number of hydrogen-bond donors (Lipinski definition) is 0. The molecular weight excluding hydrogens is 353 g/mol. The van der Waals surface area contributed by atoms with Crippen LogP contribution in [0.2, 0.25) is 0 Å². The van der Waals surface area contributed by atoms with Crippen molar-refractivity contribution in [3.05, 3.63) is 53.4 Å². The molecule has 27 heavy (non-hydrogen) atoms. The lowest BCUT2D eigenvalue weighted by Gasteiger charge is -2.37. The first-order valence-corrected chi connectivity index (χ1v) is 8.65. The van der Waals surface area contributed by atoms with Crippen molar-refractivity contribution in [2.45, 2.75) is 26.4 Å². The van der Waals surface area contributed by atoms with Crippen LogP contribution in [0.1, 0.15) is 28.8 Å². The number of carbonyl (C=O) groups is 2. The van der Waals surface area contributed by atoms with E-state index in [0.717, 1.165) is 6.20 Å². The monoisotopic (exact) mass is 373 g/mol. The summed E-state index contributed by atoms with van der Waals surface area (Å²) in [6, 6.07) is 6.05. The number of carbonyl (C=O) groups excluding carboxylic acids is 2. The first-order valence-electron chi connectivity index (χ1n) is 8.65. The highest BCUT2D eigenvalue weighted by atomic mass is 19.1. The molecule has 0 saturated carbocycles. The Hall–Kier alpha value is -3.03. The molecule has 1 amide bonds. The van der Waals surface area contributed by atoms with E-state index in [1.807, 2.05) is 0 Å². The van der Waals surface area contributed by atoms with Crippen molar-refractivity contribution in [1.82, 2.24) is 14.9 Å². The minimum absolute atomic E-state index is 0.0240. The van der Waals surface area contributed by atoms with Gasteiger partial charge in [-0.1, -0.05) is 0 Å². The van der Waals surface area contributed by atoms with Crippen LogP contribution in [-0.2, 0) is 11.2 Å². The second-order valence-corrected chi connectivity index (χ2v) is 6.24. The number of pyridine rings is 2. The number of ketones is 1. The molecule has 0 N–H and O–H groups in total. The lowest BCUT2D eigenvalue weighted by atomic mass is 10.1. The Morgan fingerprint density at radius 1 is 1.30 bits per heavy atom. The van der Waals surface area contributed by atoms with E-state index in [1.165, 1.54) is 12.1 Å². The van der Waals surface area contributed by atoms with E-state index >= 15 is 0 Å². The molecule has 0 aromatic carbocycles. The fraction of sp³-hybridized carbons (Fsp3) is 0.368. The zero-order chi connectivity index (χ0) is 19.4. The molecule has 1 saturated heterocycles. The summed E-state index contributed by atoms with van der Waals surface area (Å²) < 4.78 is 23.7. The summed E-state index contributed by atoms with van der Waals surface area (Å²) in [5.74, 6) is -0.163. The maximum Gasteiger partial charge on any atom is 0.410 e. The highest BCUT2D eigenvalue weighted by molar-refractivity contribution is 5.95. The lowest BCUT2D eigenvalue weighted by Crippen LogP contribution is -2.56. The Labute approximate surface area is 156 Å². The number of amides is 1. The van der Waals surface area contributed by atoms with Crippen LogP contribution in [0.15, 0.2) is 30.5 Å². The molecule has 3 rings (SSSR count). The average Bonchev–Trinajstić information content (AvgIpc) is 2.59. The van der Waals surface area contributed by atoms with Gasteiger partial charge in [-0.2, -0.15) is 0 Å². The number of nitrogens with zero attached hydrogens (tertiary/aromatic N) is 3. The molecule has 0 radical (unpaired) electrons. The summed E-state index contributed by atoms with van der Waals surface area (Å²) in [5, 5.41) is 0. The van der Waals surface area contributed by atoms with Gasteiger partial charge < -0.3 is 14.4 Å². The normalized spacial score (nSPS) is 13.8.